The lowest BCUT2D eigenvalue weighted by Crippen LogP contribution is -2.52. The van der Waals surface area contributed by atoms with Crippen LogP contribution in [0.25, 0.3) is 0 Å². The lowest BCUT2D eigenvalue weighted by Gasteiger charge is -2.33. The number of urea groups is 1. The Labute approximate surface area is 153 Å². The number of amides is 3. The van der Waals surface area contributed by atoms with Crippen molar-refractivity contribution >= 4 is 22.0 Å². The summed E-state index contributed by atoms with van der Waals surface area (Å²) in [6.07, 6.45) is 0. The highest BCUT2D eigenvalue weighted by molar-refractivity contribution is 7.89. The first-order valence-corrected chi connectivity index (χ1v) is 9.77. The van der Waals surface area contributed by atoms with Crippen molar-refractivity contribution in [3.05, 3.63) is 24.3 Å². The van der Waals surface area contributed by atoms with E-state index in [1.165, 1.54) is 23.5 Å². The maximum Gasteiger partial charge on any atom is 0.321 e. The van der Waals surface area contributed by atoms with Crippen molar-refractivity contribution in [3.63, 3.8) is 0 Å². The highest BCUT2D eigenvalue weighted by Gasteiger charge is 2.29. The molecule has 1 saturated heterocycles. The van der Waals surface area contributed by atoms with E-state index in [0.29, 0.717) is 25.4 Å². The Bertz CT molecular complexity index is 728. The van der Waals surface area contributed by atoms with Gasteiger partial charge >= 0.3 is 6.03 Å². The van der Waals surface area contributed by atoms with Crippen LogP contribution in [0, 0.1) is 0 Å². The molecule has 1 heterocycles. The van der Waals surface area contributed by atoms with Gasteiger partial charge in [0, 0.05) is 33.2 Å². The third kappa shape index (κ3) is 5.16. The molecule has 1 aromatic rings. The van der Waals surface area contributed by atoms with Gasteiger partial charge in [0.15, 0.2) is 0 Å². The van der Waals surface area contributed by atoms with Crippen LogP contribution in [0.1, 0.15) is 6.92 Å². The first kappa shape index (κ1) is 20.1. The summed E-state index contributed by atoms with van der Waals surface area (Å²) in [6, 6.07) is 5.77. The van der Waals surface area contributed by atoms with Gasteiger partial charge in [0.2, 0.25) is 15.9 Å². The number of hydrogen-bond acceptors (Lipinski definition) is 6. The third-order valence-corrected chi connectivity index (χ3v) is 5.86. The van der Waals surface area contributed by atoms with Crippen LogP contribution in [0.5, 0.6) is 5.75 Å². The van der Waals surface area contributed by atoms with Crippen LogP contribution in [0.3, 0.4) is 0 Å². The summed E-state index contributed by atoms with van der Waals surface area (Å²) in [6.45, 7) is 3.81. The van der Waals surface area contributed by atoms with Crippen LogP contribution in [-0.4, -0.2) is 75.9 Å². The zero-order valence-corrected chi connectivity index (χ0v) is 15.7. The zero-order chi connectivity index (χ0) is 19.2. The van der Waals surface area contributed by atoms with Crippen molar-refractivity contribution in [3.8, 4) is 5.75 Å². The second-order valence-electron chi connectivity index (χ2n) is 5.71. The molecule has 2 rings (SSSR count). The topological polar surface area (TPSA) is 108 Å². The number of imide groups is 1. The number of nitrogens with one attached hydrogen (secondary N) is 2. The highest BCUT2D eigenvalue weighted by atomic mass is 32.2. The minimum absolute atomic E-state index is 0.0460. The molecule has 0 atom stereocenters. The largest absolute Gasteiger partial charge is 0.494 e. The minimum atomic E-state index is -3.58. The van der Waals surface area contributed by atoms with Gasteiger partial charge in [-0.2, -0.15) is 4.31 Å². The normalized spacial score (nSPS) is 16.1. The summed E-state index contributed by atoms with van der Waals surface area (Å²) in [5.74, 6) is 0.200. The fraction of sp³-hybridized carbons (Fsp3) is 0.500. The molecular weight excluding hydrogens is 360 g/mol. The Morgan fingerprint density at radius 1 is 1.12 bits per heavy atom. The number of benzene rings is 1. The maximum absolute atomic E-state index is 12.7. The fourth-order valence-electron chi connectivity index (χ4n) is 2.58. The molecule has 0 unspecified atom stereocenters. The Hall–Kier alpha value is -2.17. The maximum atomic E-state index is 12.7. The van der Waals surface area contributed by atoms with E-state index in [1.54, 1.807) is 12.1 Å². The van der Waals surface area contributed by atoms with Gasteiger partial charge in [0.05, 0.1) is 18.0 Å². The second-order valence-corrected chi connectivity index (χ2v) is 7.65. The van der Waals surface area contributed by atoms with Crippen LogP contribution in [0.15, 0.2) is 29.2 Å². The quantitative estimate of drug-likeness (QED) is 0.706. The number of carbonyl (C=O) groups excluding carboxylic acids is 2. The van der Waals surface area contributed by atoms with E-state index in [1.807, 2.05) is 11.8 Å². The van der Waals surface area contributed by atoms with Crippen molar-refractivity contribution in [2.24, 2.45) is 0 Å². The fourth-order valence-corrected chi connectivity index (χ4v) is 4.01. The predicted octanol–water partition coefficient (Wildman–Crippen LogP) is -0.153. The van der Waals surface area contributed by atoms with Crippen molar-refractivity contribution in [1.82, 2.24) is 19.8 Å². The molecule has 0 radical (unpaired) electrons. The number of sulfonamides is 1. The molecule has 0 saturated carbocycles. The summed E-state index contributed by atoms with van der Waals surface area (Å²) in [4.78, 5) is 24.8. The van der Waals surface area contributed by atoms with Crippen LogP contribution in [0.4, 0.5) is 4.79 Å². The molecule has 1 aliphatic rings. The number of ether oxygens (including phenoxy) is 1. The number of carbonyl (C=O) groups is 2. The van der Waals surface area contributed by atoms with Crippen LogP contribution in [-0.2, 0) is 14.8 Å². The molecule has 0 aromatic heterocycles. The summed E-state index contributed by atoms with van der Waals surface area (Å²) in [7, 11) is -2.16. The van der Waals surface area contributed by atoms with Crippen LogP contribution >= 0.6 is 0 Å². The number of rotatable bonds is 6. The smallest absolute Gasteiger partial charge is 0.321 e. The summed E-state index contributed by atoms with van der Waals surface area (Å²) < 4.78 is 32.1. The number of hydrogen-bond donors (Lipinski definition) is 2. The summed E-state index contributed by atoms with van der Waals surface area (Å²) >= 11 is 0. The molecule has 1 aliphatic heterocycles. The summed E-state index contributed by atoms with van der Waals surface area (Å²) in [5, 5.41) is 4.49. The molecular formula is C16H24N4O5S. The number of piperazine rings is 1. The average molecular weight is 384 g/mol. The molecule has 10 heteroatoms. The Morgan fingerprint density at radius 2 is 1.73 bits per heavy atom. The standard InChI is InChI=1S/C16H24N4O5S/c1-3-25-13-4-6-14(7-5-13)26(23,24)20-10-8-19(9-11-20)12-15(21)18-16(22)17-2/h4-7H,3,8-12H2,1-2H3,(H2,17,18,21,22). The molecule has 1 aromatic carbocycles. The lowest BCUT2D eigenvalue weighted by molar-refractivity contribution is -0.121. The average Bonchev–Trinajstić information content (AvgIpc) is 2.62. The van der Waals surface area contributed by atoms with E-state index >= 15 is 0 Å². The van der Waals surface area contributed by atoms with E-state index in [0.717, 1.165) is 0 Å². The first-order valence-electron chi connectivity index (χ1n) is 8.33. The minimum Gasteiger partial charge on any atom is -0.494 e. The number of nitrogens with zero attached hydrogens (tertiary/aromatic N) is 2. The van der Waals surface area contributed by atoms with Crippen molar-refractivity contribution in [1.29, 1.82) is 0 Å². The predicted molar refractivity (Wildman–Crippen MR) is 95.4 cm³/mol. The van der Waals surface area contributed by atoms with E-state index in [2.05, 4.69) is 10.6 Å². The van der Waals surface area contributed by atoms with Gasteiger partial charge in [-0.15, -0.1) is 0 Å². The Morgan fingerprint density at radius 3 is 2.27 bits per heavy atom. The molecule has 9 nitrogen and oxygen atoms in total. The van der Waals surface area contributed by atoms with E-state index in [4.69, 9.17) is 4.74 Å². The van der Waals surface area contributed by atoms with Gasteiger partial charge in [0.25, 0.3) is 0 Å². The van der Waals surface area contributed by atoms with E-state index < -0.39 is 22.0 Å². The molecule has 0 bridgehead atoms. The monoisotopic (exact) mass is 384 g/mol. The van der Waals surface area contributed by atoms with Gasteiger partial charge in [0.1, 0.15) is 5.75 Å². The molecule has 26 heavy (non-hydrogen) atoms. The molecule has 0 spiro atoms. The van der Waals surface area contributed by atoms with E-state index in [9.17, 15) is 18.0 Å². The first-order chi connectivity index (χ1) is 12.4. The van der Waals surface area contributed by atoms with Gasteiger partial charge in [-0.25, -0.2) is 13.2 Å². The third-order valence-electron chi connectivity index (χ3n) is 3.95. The van der Waals surface area contributed by atoms with Crippen LogP contribution < -0.4 is 15.4 Å². The van der Waals surface area contributed by atoms with Gasteiger partial charge in [-0.05, 0) is 31.2 Å². The van der Waals surface area contributed by atoms with Crippen molar-refractivity contribution < 1.29 is 22.7 Å². The molecule has 1 fully saturated rings. The van der Waals surface area contributed by atoms with Gasteiger partial charge in [-0.3, -0.25) is 15.0 Å². The van der Waals surface area contributed by atoms with E-state index in [-0.39, 0.29) is 24.5 Å². The van der Waals surface area contributed by atoms with Crippen molar-refractivity contribution in [2.45, 2.75) is 11.8 Å². The second kappa shape index (κ2) is 8.97. The lowest BCUT2D eigenvalue weighted by atomic mass is 10.3. The zero-order valence-electron chi connectivity index (χ0n) is 14.9. The van der Waals surface area contributed by atoms with Crippen LogP contribution in [0.2, 0.25) is 0 Å². The Kier molecular flexibility index (Phi) is 6.95. The summed E-state index contributed by atoms with van der Waals surface area (Å²) in [5.41, 5.74) is 0. The molecule has 2 N–H and O–H groups in total. The molecule has 3 amide bonds. The SMILES string of the molecule is CCOc1ccc(S(=O)(=O)N2CCN(CC(=O)NC(=O)NC)CC2)cc1. The van der Waals surface area contributed by atoms with Gasteiger partial charge < -0.3 is 10.1 Å². The Balaban J connectivity index is 1.91. The molecule has 144 valence electrons. The van der Waals surface area contributed by atoms with Gasteiger partial charge in [-0.1, -0.05) is 0 Å². The van der Waals surface area contributed by atoms with Crippen molar-refractivity contribution in [2.75, 3.05) is 46.4 Å². The highest BCUT2D eigenvalue weighted by Crippen LogP contribution is 2.20. The molecule has 0 aliphatic carbocycles.